The number of nitrogens with zero attached hydrogens (tertiary/aromatic N) is 1. The molecule has 2 rings (SSSR count). The van der Waals surface area contributed by atoms with Crippen LogP contribution < -0.4 is 9.64 Å². The minimum absolute atomic E-state index is 0.261. The van der Waals surface area contributed by atoms with Gasteiger partial charge in [-0.15, -0.1) is 0 Å². The summed E-state index contributed by atoms with van der Waals surface area (Å²) in [5.74, 6) is 0.784. The Morgan fingerprint density at radius 1 is 1.25 bits per heavy atom. The van der Waals surface area contributed by atoms with Crippen molar-refractivity contribution in [2.45, 2.75) is 12.8 Å². The van der Waals surface area contributed by atoms with Crippen LogP contribution in [0.2, 0.25) is 0 Å². The van der Waals surface area contributed by atoms with E-state index in [1.54, 1.807) is 12.0 Å². The third kappa shape index (κ3) is 2.27. The van der Waals surface area contributed by atoms with Crippen molar-refractivity contribution < 1.29 is 14.3 Å². The summed E-state index contributed by atoms with van der Waals surface area (Å²) < 4.78 is 10.2. The standard InChI is InChI=1S/C12H15NO3/c1-15-11-6-4-10(5-7-11)13-8-2-3-9-16-12(13)14/h4-7H,2-3,8-9H2,1H3. The van der Waals surface area contributed by atoms with Crippen LogP contribution in [-0.2, 0) is 4.74 Å². The van der Waals surface area contributed by atoms with Crippen molar-refractivity contribution in [2.75, 3.05) is 25.2 Å². The summed E-state index contributed by atoms with van der Waals surface area (Å²) in [5.41, 5.74) is 0.854. The van der Waals surface area contributed by atoms with E-state index in [-0.39, 0.29) is 6.09 Å². The van der Waals surface area contributed by atoms with E-state index in [9.17, 15) is 4.79 Å². The van der Waals surface area contributed by atoms with Gasteiger partial charge >= 0.3 is 6.09 Å². The van der Waals surface area contributed by atoms with Crippen LogP contribution in [0.4, 0.5) is 10.5 Å². The quantitative estimate of drug-likeness (QED) is 0.769. The van der Waals surface area contributed by atoms with Crippen molar-refractivity contribution >= 4 is 11.8 Å². The van der Waals surface area contributed by atoms with Crippen molar-refractivity contribution in [3.8, 4) is 5.75 Å². The molecule has 16 heavy (non-hydrogen) atoms. The zero-order valence-electron chi connectivity index (χ0n) is 9.31. The molecule has 0 N–H and O–H groups in total. The SMILES string of the molecule is COc1ccc(N2CCCCOC2=O)cc1. The molecular formula is C12H15NO3. The highest BCUT2D eigenvalue weighted by Crippen LogP contribution is 2.21. The van der Waals surface area contributed by atoms with Gasteiger partial charge in [-0.3, -0.25) is 4.90 Å². The molecule has 0 spiro atoms. The molecule has 0 unspecified atom stereocenters. The maximum absolute atomic E-state index is 11.6. The molecule has 0 atom stereocenters. The van der Waals surface area contributed by atoms with Crippen LogP contribution >= 0.6 is 0 Å². The van der Waals surface area contributed by atoms with Crippen LogP contribution in [0.3, 0.4) is 0 Å². The molecule has 1 aromatic rings. The maximum atomic E-state index is 11.6. The Labute approximate surface area is 94.8 Å². The monoisotopic (exact) mass is 221 g/mol. The van der Waals surface area contributed by atoms with Gasteiger partial charge in [0.2, 0.25) is 0 Å². The summed E-state index contributed by atoms with van der Waals surface area (Å²) in [5, 5.41) is 0. The molecule has 1 aromatic carbocycles. The first kappa shape index (κ1) is 10.8. The van der Waals surface area contributed by atoms with Crippen molar-refractivity contribution in [1.82, 2.24) is 0 Å². The third-order valence-corrected chi connectivity index (χ3v) is 2.61. The van der Waals surface area contributed by atoms with Gasteiger partial charge in [-0.1, -0.05) is 0 Å². The Kier molecular flexibility index (Phi) is 3.29. The summed E-state index contributed by atoms with van der Waals surface area (Å²) in [7, 11) is 1.62. The molecular weight excluding hydrogens is 206 g/mol. The Balaban J connectivity index is 2.17. The van der Waals surface area contributed by atoms with E-state index >= 15 is 0 Å². The van der Waals surface area contributed by atoms with Gasteiger partial charge < -0.3 is 9.47 Å². The number of anilines is 1. The van der Waals surface area contributed by atoms with E-state index in [0.717, 1.165) is 24.3 Å². The lowest BCUT2D eigenvalue weighted by atomic mass is 10.2. The van der Waals surface area contributed by atoms with E-state index in [1.165, 1.54) is 0 Å². The molecule has 4 nitrogen and oxygen atoms in total. The molecule has 4 heteroatoms. The number of benzene rings is 1. The van der Waals surface area contributed by atoms with Crippen LogP contribution in [0.5, 0.6) is 5.75 Å². The first-order chi connectivity index (χ1) is 7.81. The Hall–Kier alpha value is -1.71. The normalized spacial score (nSPS) is 16.6. The fourth-order valence-corrected chi connectivity index (χ4v) is 1.70. The highest BCUT2D eigenvalue weighted by atomic mass is 16.6. The average Bonchev–Trinajstić information content (AvgIpc) is 2.54. The lowest BCUT2D eigenvalue weighted by Gasteiger charge is -2.19. The summed E-state index contributed by atoms with van der Waals surface area (Å²) in [6.45, 7) is 1.23. The van der Waals surface area contributed by atoms with Crippen LogP contribution in [-0.4, -0.2) is 26.4 Å². The molecule has 86 valence electrons. The van der Waals surface area contributed by atoms with Gasteiger partial charge in [-0.25, -0.2) is 4.79 Å². The van der Waals surface area contributed by atoms with E-state index in [1.807, 2.05) is 24.3 Å². The maximum Gasteiger partial charge on any atom is 0.414 e. The second-order valence-electron chi connectivity index (χ2n) is 3.67. The Morgan fingerprint density at radius 2 is 2.00 bits per heavy atom. The number of carbonyl (C=O) groups is 1. The van der Waals surface area contributed by atoms with Gasteiger partial charge in [-0.05, 0) is 37.1 Å². The van der Waals surface area contributed by atoms with E-state index in [2.05, 4.69) is 0 Å². The van der Waals surface area contributed by atoms with Crippen LogP contribution in [0.25, 0.3) is 0 Å². The second kappa shape index (κ2) is 4.88. The zero-order valence-corrected chi connectivity index (χ0v) is 9.31. The molecule has 1 heterocycles. The van der Waals surface area contributed by atoms with Gasteiger partial charge in [0.25, 0.3) is 0 Å². The second-order valence-corrected chi connectivity index (χ2v) is 3.67. The number of ether oxygens (including phenoxy) is 2. The summed E-state index contributed by atoms with van der Waals surface area (Å²) in [4.78, 5) is 13.3. The first-order valence-electron chi connectivity index (χ1n) is 5.39. The number of cyclic esters (lactones) is 1. The van der Waals surface area contributed by atoms with E-state index in [4.69, 9.17) is 9.47 Å². The predicted molar refractivity (Wildman–Crippen MR) is 60.9 cm³/mol. The number of methoxy groups -OCH3 is 1. The third-order valence-electron chi connectivity index (χ3n) is 2.61. The van der Waals surface area contributed by atoms with Gasteiger partial charge in [0.05, 0.1) is 13.7 Å². The van der Waals surface area contributed by atoms with Gasteiger partial charge in [-0.2, -0.15) is 0 Å². The van der Waals surface area contributed by atoms with Crippen molar-refractivity contribution in [3.05, 3.63) is 24.3 Å². The smallest absolute Gasteiger partial charge is 0.414 e. The minimum Gasteiger partial charge on any atom is -0.497 e. The highest BCUT2D eigenvalue weighted by molar-refractivity contribution is 5.87. The van der Waals surface area contributed by atoms with Gasteiger partial charge in [0.1, 0.15) is 5.75 Å². The molecule has 0 saturated carbocycles. The first-order valence-corrected chi connectivity index (χ1v) is 5.39. The molecule has 1 amide bonds. The summed E-state index contributed by atoms with van der Waals surface area (Å²) >= 11 is 0. The molecule has 1 fully saturated rings. The largest absolute Gasteiger partial charge is 0.497 e. The predicted octanol–water partition coefficient (Wildman–Crippen LogP) is 2.43. The molecule has 1 aliphatic rings. The lowest BCUT2D eigenvalue weighted by Crippen LogP contribution is -2.30. The molecule has 1 saturated heterocycles. The number of hydrogen-bond acceptors (Lipinski definition) is 3. The van der Waals surface area contributed by atoms with Crippen LogP contribution in [0.15, 0.2) is 24.3 Å². The number of rotatable bonds is 2. The Morgan fingerprint density at radius 3 is 2.69 bits per heavy atom. The number of hydrogen-bond donors (Lipinski definition) is 0. The van der Waals surface area contributed by atoms with Gasteiger partial charge in [0.15, 0.2) is 0 Å². The van der Waals surface area contributed by atoms with Crippen LogP contribution in [0, 0.1) is 0 Å². The molecule has 0 aliphatic carbocycles. The van der Waals surface area contributed by atoms with E-state index < -0.39 is 0 Å². The molecule has 0 aromatic heterocycles. The highest BCUT2D eigenvalue weighted by Gasteiger charge is 2.19. The van der Waals surface area contributed by atoms with Crippen molar-refractivity contribution in [2.24, 2.45) is 0 Å². The van der Waals surface area contributed by atoms with Gasteiger partial charge in [0, 0.05) is 12.2 Å². The molecule has 0 radical (unpaired) electrons. The number of carbonyl (C=O) groups excluding carboxylic acids is 1. The lowest BCUT2D eigenvalue weighted by molar-refractivity contribution is 0.159. The fourth-order valence-electron chi connectivity index (χ4n) is 1.70. The topological polar surface area (TPSA) is 38.8 Å². The Bertz CT molecular complexity index is 361. The van der Waals surface area contributed by atoms with Crippen molar-refractivity contribution in [1.29, 1.82) is 0 Å². The average molecular weight is 221 g/mol. The fraction of sp³-hybridized carbons (Fsp3) is 0.417. The van der Waals surface area contributed by atoms with Crippen molar-refractivity contribution in [3.63, 3.8) is 0 Å². The summed E-state index contributed by atoms with van der Waals surface area (Å²) in [6, 6.07) is 7.41. The van der Waals surface area contributed by atoms with Crippen LogP contribution in [0.1, 0.15) is 12.8 Å². The summed E-state index contributed by atoms with van der Waals surface area (Å²) in [6.07, 6.45) is 1.64. The molecule has 0 bridgehead atoms. The zero-order chi connectivity index (χ0) is 11.4. The van der Waals surface area contributed by atoms with E-state index in [0.29, 0.717) is 13.2 Å². The number of amides is 1. The molecule has 1 aliphatic heterocycles. The minimum atomic E-state index is -0.261.